The lowest BCUT2D eigenvalue weighted by Gasteiger charge is -2.26. The first-order chi connectivity index (χ1) is 12.0. The molecule has 1 aromatic carbocycles. The molecule has 1 aromatic rings. The van der Waals surface area contributed by atoms with E-state index < -0.39 is 27.0 Å². The van der Waals surface area contributed by atoms with Gasteiger partial charge in [-0.25, -0.2) is 17.6 Å². The zero-order valence-electron chi connectivity index (χ0n) is 13.9. The molecular weight excluding hydrogens is 349 g/mol. The third-order valence-electron chi connectivity index (χ3n) is 4.69. The van der Waals surface area contributed by atoms with Crippen LogP contribution in [-0.2, 0) is 19.3 Å². The maximum Gasteiger partial charge on any atom is 0.410 e. The molecule has 2 aliphatic heterocycles. The molecule has 8 heteroatoms. The molecule has 0 bridgehead atoms. The van der Waals surface area contributed by atoms with Crippen molar-refractivity contribution >= 4 is 15.9 Å². The summed E-state index contributed by atoms with van der Waals surface area (Å²) in [5, 5.41) is -0.936. The Bertz CT molecular complexity index is 718. The molecule has 25 heavy (non-hydrogen) atoms. The van der Waals surface area contributed by atoms with Crippen LogP contribution in [0.1, 0.15) is 30.1 Å². The molecule has 0 spiro atoms. The summed E-state index contributed by atoms with van der Waals surface area (Å²) in [6, 6.07) is 5.90. The first kappa shape index (κ1) is 18.1. The van der Waals surface area contributed by atoms with Gasteiger partial charge in [-0.1, -0.05) is 18.2 Å². The predicted molar refractivity (Wildman–Crippen MR) is 89.4 cm³/mol. The minimum absolute atomic E-state index is 0.0648. The van der Waals surface area contributed by atoms with Crippen molar-refractivity contribution in [1.29, 1.82) is 0 Å². The zero-order valence-corrected chi connectivity index (χ0v) is 14.7. The molecule has 0 radical (unpaired) electrons. The first-order valence-electron chi connectivity index (χ1n) is 8.46. The fraction of sp³-hybridized carbons (Fsp3) is 0.588. The molecule has 1 atom stereocenters. The summed E-state index contributed by atoms with van der Waals surface area (Å²) in [6.07, 6.45) is 0.761. The fourth-order valence-corrected chi connectivity index (χ4v) is 5.02. The van der Waals surface area contributed by atoms with E-state index in [1.807, 2.05) is 0 Å². The highest BCUT2D eigenvalue weighted by atomic mass is 32.2. The van der Waals surface area contributed by atoms with Crippen molar-refractivity contribution in [3.8, 4) is 0 Å². The molecule has 2 saturated heterocycles. The lowest BCUT2D eigenvalue weighted by Crippen LogP contribution is -2.37. The number of benzene rings is 1. The Morgan fingerprint density at radius 3 is 2.60 bits per heavy atom. The van der Waals surface area contributed by atoms with Crippen LogP contribution in [0.5, 0.6) is 0 Å². The summed E-state index contributed by atoms with van der Waals surface area (Å²) >= 11 is 0. The maximum atomic E-state index is 14.0. The standard InChI is InChI=1S/C17H22FNO5S/c18-15-4-2-1-3-14(15)16-5-8-19(9-12-25(16,21)22)17(20)24-13-6-10-23-11-7-13/h1-4,13,16H,5-12H2. The number of hydrogen-bond acceptors (Lipinski definition) is 5. The number of carbonyl (C=O) groups is 1. The fourth-order valence-electron chi connectivity index (χ4n) is 3.22. The number of amides is 1. The minimum Gasteiger partial charge on any atom is -0.446 e. The Hall–Kier alpha value is -1.67. The number of halogens is 1. The van der Waals surface area contributed by atoms with Crippen molar-refractivity contribution < 1.29 is 27.1 Å². The van der Waals surface area contributed by atoms with Crippen LogP contribution in [0.15, 0.2) is 24.3 Å². The van der Waals surface area contributed by atoms with Gasteiger partial charge >= 0.3 is 6.09 Å². The SMILES string of the molecule is O=C(OC1CCOCC1)N1CCC(c2ccccc2F)S(=O)(=O)CC1. The summed E-state index contributed by atoms with van der Waals surface area (Å²) < 4.78 is 49.8. The van der Waals surface area contributed by atoms with Crippen LogP contribution in [-0.4, -0.2) is 57.6 Å². The van der Waals surface area contributed by atoms with E-state index in [0.29, 0.717) is 26.1 Å². The van der Waals surface area contributed by atoms with Crippen molar-refractivity contribution in [3.05, 3.63) is 35.6 Å². The summed E-state index contributed by atoms with van der Waals surface area (Å²) in [7, 11) is -3.54. The largest absolute Gasteiger partial charge is 0.446 e. The van der Waals surface area contributed by atoms with Gasteiger partial charge in [0.2, 0.25) is 0 Å². The van der Waals surface area contributed by atoms with Gasteiger partial charge in [0.15, 0.2) is 9.84 Å². The van der Waals surface area contributed by atoms with Gasteiger partial charge in [0, 0.05) is 31.5 Å². The van der Waals surface area contributed by atoms with Crippen LogP contribution >= 0.6 is 0 Å². The number of hydrogen-bond donors (Lipinski definition) is 0. The molecule has 138 valence electrons. The van der Waals surface area contributed by atoms with Crippen LogP contribution in [0.25, 0.3) is 0 Å². The van der Waals surface area contributed by atoms with E-state index in [-0.39, 0.29) is 36.9 Å². The van der Waals surface area contributed by atoms with Crippen LogP contribution in [0, 0.1) is 5.82 Å². The molecular formula is C17H22FNO5S. The van der Waals surface area contributed by atoms with Crippen molar-refractivity contribution in [1.82, 2.24) is 4.90 Å². The van der Waals surface area contributed by atoms with Crippen LogP contribution in [0.2, 0.25) is 0 Å². The lowest BCUT2D eigenvalue weighted by molar-refractivity contribution is -0.00962. The molecule has 0 aliphatic carbocycles. The minimum atomic E-state index is -3.54. The second-order valence-corrected chi connectivity index (χ2v) is 8.65. The van der Waals surface area contributed by atoms with Crippen LogP contribution < -0.4 is 0 Å². The summed E-state index contributed by atoms with van der Waals surface area (Å²) in [4.78, 5) is 13.7. The molecule has 1 unspecified atom stereocenters. The highest BCUT2D eigenvalue weighted by molar-refractivity contribution is 7.91. The van der Waals surface area contributed by atoms with Crippen molar-refractivity contribution in [2.45, 2.75) is 30.6 Å². The number of sulfone groups is 1. The molecule has 0 aromatic heterocycles. The second-order valence-electron chi connectivity index (χ2n) is 6.35. The van der Waals surface area contributed by atoms with Gasteiger partial charge < -0.3 is 14.4 Å². The number of ether oxygens (including phenoxy) is 2. The number of rotatable bonds is 2. The topological polar surface area (TPSA) is 72.9 Å². The second kappa shape index (κ2) is 7.70. The van der Waals surface area contributed by atoms with E-state index in [1.54, 1.807) is 6.07 Å². The van der Waals surface area contributed by atoms with E-state index in [9.17, 15) is 17.6 Å². The van der Waals surface area contributed by atoms with Crippen molar-refractivity contribution in [3.63, 3.8) is 0 Å². The average molecular weight is 371 g/mol. The Morgan fingerprint density at radius 1 is 1.16 bits per heavy atom. The smallest absolute Gasteiger partial charge is 0.410 e. The van der Waals surface area contributed by atoms with Gasteiger partial charge in [-0.05, 0) is 12.5 Å². The Labute approximate surface area is 146 Å². The van der Waals surface area contributed by atoms with E-state index in [1.165, 1.54) is 23.1 Å². The highest BCUT2D eigenvalue weighted by Crippen LogP contribution is 2.31. The van der Waals surface area contributed by atoms with Gasteiger partial charge in [-0.3, -0.25) is 0 Å². The first-order valence-corrected chi connectivity index (χ1v) is 10.2. The van der Waals surface area contributed by atoms with E-state index in [4.69, 9.17) is 9.47 Å². The molecule has 2 fully saturated rings. The normalized spacial score (nSPS) is 24.5. The lowest BCUT2D eigenvalue weighted by atomic mass is 10.1. The van der Waals surface area contributed by atoms with E-state index in [2.05, 4.69) is 0 Å². The van der Waals surface area contributed by atoms with Gasteiger partial charge in [0.25, 0.3) is 0 Å². The maximum absolute atomic E-state index is 14.0. The summed E-state index contributed by atoms with van der Waals surface area (Å²) in [5.41, 5.74) is 0.169. The Morgan fingerprint density at radius 2 is 1.88 bits per heavy atom. The molecule has 2 heterocycles. The molecule has 2 aliphatic rings. The van der Waals surface area contributed by atoms with Gasteiger partial charge in [0.1, 0.15) is 11.9 Å². The molecule has 0 N–H and O–H groups in total. The monoisotopic (exact) mass is 371 g/mol. The predicted octanol–water partition coefficient (Wildman–Crippen LogP) is 2.30. The molecule has 0 saturated carbocycles. The Kier molecular flexibility index (Phi) is 5.58. The van der Waals surface area contributed by atoms with Crippen molar-refractivity contribution in [2.75, 3.05) is 32.1 Å². The highest BCUT2D eigenvalue weighted by Gasteiger charge is 2.35. The van der Waals surface area contributed by atoms with Crippen molar-refractivity contribution in [2.24, 2.45) is 0 Å². The van der Waals surface area contributed by atoms with Gasteiger partial charge in [-0.2, -0.15) is 0 Å². The Balaban J connectivity index is 1.69. The third kappa shape index (κ3) is 4.30. The van der Waals surface area contributed by atoms with Gasteiger partial charge in [0.05, 0.1) is 24.2 Å². The van der Waals surface area contributed by atoms with E-state index >= 15 is 0 Å². The van der Waals surface area contributed by atoms with Gasteiger partial charge in [-0.15, -0.1) is 0 Å². The summed E-state index contributed by atoms with van der Waals surface area (Å²) in [6.45, 7) is 1.40. The average Bonchev–Trinajstić information content (AvgIpc) is 2.75. The van der Waals surface area contributed by atoms with Crippen LogP contribution in [0.3, 0.4) is 0 Å². The summed E-state index contributed by atoms with van der Waals surface area (Å²) in [5.74, 6) is -0.733. The molecule has 1 amide bonds. The molecule has 3 rings (SSSR count). The van der Waals surface area contributed by atoms with Crippen LogP contribution in [0.4, 0.5) is 9.18 Å². The quantitative estimate of drug-likeness (QED) is 0.798. The zero-order chi connectivity index (χ0) is 17.9. The molecule has 6 nitrogen and oxygen atoms in total. The number of carbonyl (C=O) groups excluding carboxylic acids is 1. The third-order valence-corrected chi connectivity index (χ3v) is 6.79. The number of nitrogens with zero attached hydrogens (tertiary/aromatic N) is 1. The van der Waals surface area contributed by atoms with E-state index in [0.717, 1.165) is 0 Å².